The molecule has 23 heavy (non-hydrogen) atoms. The maximum Gasteiger partial charge on any atom is 0.390 e. The molecule has 4 rings (SSSR count). The number of hydrogen-bond donors (Lipinski definition) is 0. The van der Waals surface area contributed by atoms with Gasteiger partial charge < -0.3 is 10.1 Å². The van der Waals surface area contributed by atoms with Crippen LogP contribution in [0.3, 0.4) is 0 Å². The minimum absolute atomic E-state index is 0.243. The van der Waals surface area contributed by atoms with Crippen LogP contribution in [0.5, 0.6) is 0 Å². The Morgan fingerprint density at radius 1 is 1.09 bits per heavy atom. The minimum Gasteiger partial charge on any atom is -0.358 e. The van der Waals surface area contributed by atoms with E-state index in [4.69, 9.17) is 0 Å². The Morgan fingerprint density at radius 3 is 2.65 bits per heavy atom. The lowest BCUT2D eigenvalue weighted by atomic mass is 10.3. The van der Waals surface area contributed by atoms with Gasteiger partial charge in [0.2, 0.25) is 0 Å². The molecule has 0 unspecified atom stereocenters. The molecule has 0 aliphatic heterocycles. The normalized spacial score (nSPS) is 11.0. The molecular weight excluding hydrogens is 298 g/mol. The van der Waals surface area contributed by atoms with Crippen LogP contribution in [-0.4, -0.2) is 34.5 Å². The Kier molecular flexibility index (Phi) is 2.83. The molecule has 0 saturated carbocycles. The lowest BCUT2D eigenvalue weighted by molar-refractivity contribution is -0.389. The number of benzene rings is 1. The fourth-order valence-electron chi connectivity index (χ4n) is 2.30. The second kappa shape index (κ2) is 4.98. The predicted octanol–water partition coefficient (Wildman–Crippen LogP) is 1.91. The zero-order valence-electron chi connectivity index (χ0n) is 11.6. The van der Waals surface area contributed by atoms with Crippen molar-refractivity contribution in [1.29, 1.82) is 0 Å². The summed E-state index contributed by atoms with van der Waals surface area (Å²) in [6.07, 6.45) is 4.48. The van der Waals surface area contributed by atoms with E-state index < -0.39 is 4.92 Å². The van der Waals surface area contributed by atoms with Gasteiger partial charge in [-0.3, -0.25) is 0 Å². The van der Waals surface area contributed by atoms with Gasteiger partial charge >= 0.3 is 5.82 Å². The van der Waals surface area contributed by atoms with E-state index in [-0.39, 0.29) is 5.82 Å². The molecule has 0 N–H and O–H groups in total. The predicted molar refractivity (Wildman–Crippen MR) is 80.4 cm³/mol. The van der Waals surface area contributed by atoms with Gasteiger partial charge in [-0.1, -0.05) is 18.2 Å². The zero-order valence-corrected chi connectivity index (χ0v) is 11.6. The summed E-state index contributed by atoms with van der Waals surface area (Å²) in [7, 11) is 0. The highest BCUT2D eigenvalue weighted by Crippen LogP contribution is 2.21. The Bertz CT molecular complexity index is 1010. The molecular formula is C14H9N7O2. The first kappa shape index (κ1) is 13.1. The van der Waals surface area contributed by atoms with Crippen LogP contribution < -0.4 is 0 Å². The fourth-order valence-corrected chi connectivity index (χ4v) is 2.30. The van der Waals surface area contributed by atoms with Crippen LogP contribution in [0.15, 0.2) is 55.1 Å². The second-order valence-corrected chi connectivity index (χ2v) is 4.70. The standard InChI is InChI=1S/C14H9N7O2/c22-21(23)12-6-7-19(18-12)13-11-8-17-20(14(11)16-9-15-13)10-4-2-1-3-5-10/h1-9H. The molecule has 3 aromatic heterocycles. The molecule has 112 valence electrons. The van der Waals surface area contributed by atoms with E-state index in [9.17, 15) is 10.1 Å². The molecule has 9 nitrogen and oxygen atoms in total. The van der Waals surface area contributed by atoms with Gasteiger partial charge in [-0.25, -0.2) is 14.6 Å². The number of aromatic nitrogens is 6. The molecule has 0 aliphatic rings. The maximum atomic E-state index is 10.8. The van der Waals surface area contributed by atoms with Crippen molar-refractivity contribution in [3.63, 3.8) is 0 Å². The van der Waals surface area contributed by atoms with Crippen LogP contribution in [0.2, 0.25) is 0 Å². The quantitative estimate of drug-likeness (QED) is 0.423. The Labute approximate surface area is 129 Å². The summed E-state index contributed by atoms with van der Waals surface area (Å²) < 4.78 is 3.03. The lowest BCUT2D eigenvalue weighted by Crippen LogP contribution is -2.02. The van der Waals surface area contributed by atoms with Gasteiger partial charge in [0.05, 0.1) is 34.6 Å². The summed E-state index contributed by atoms with van der Waals surface area (Å²) in [5, 5.41) is 19.7. The van der Waals surface area contributed by atoms with Crippen LogP contribution in [0.1, 0.15) is 0 Å². The van der Waals surface area contributed by atoms with E-state index in [0.29, 0.717) is 16.9 Å². The number of fused-ring (bicyclic) bond motifs is 1. The third-order valence-electron chi connectivity index (χ3n) is 3.32. The summed E-state index contributed by atoms with van der Waals surface area (Å²) in [4.78, 5) is 18.7. The van der Waals surface area contributed by atoms with E-state index in [1.54, 1.807) is 10.9 Å². The minimum atomic E-state index is -0.553. The van der Waals surface area contributed by atoms with Crippen molar-refractivity contribution < 1.29 is 4.92 Å². The van der Waals surface area contributed by atoms with E-state index in [1.807, 2.05) is 30.3 Å². The van der Waals surface area contributed by atoms with E-state index >= 15 is 0 Å². The molecule has 0 spiro atoms. The molecule has 0 bridgehead atoms. The van der Waals surface area contributed by atoms with Crippen molar-refractivity contribution in [3.8, 4) is 11.5 Å². The number of para-hydroxylation sites is 1. The highest BCUT2D eigenvalue weighted by Gasteiger charge is 2.17. The molecule has 3 heterocycles. The average Bonchev–Trinajstić information content (AvgIpc) is 3.22. The number of rotatable bonds is 3. The molecule has 0 saturated heterocycles. The topological polar surface area (TPSA) is 105 Å². The van der Waals surface area contributed by atoms with Crippen LogP contribution >= 0.6 is 0 Å². The van der Waals surface area contributed by atoms with Crippen LogP contribution in [-0.2, 0) is 0 Å². The van der Waals surface area contributed by atoms with E-state index in [0.717, 1.165) is 5.69 Å². The SMILES string of the molecule is O=[N+]([O-])c1ccn(-c2ncnc3c2cnn3-c2ccccc2)n1. The smallest absolute Gasteiger partial charge is 0.358 e. The van der Waals surface area contributed by atoms with Crippen molar-refractivity contribution in [1.82, 2.24) is 29.5 Å². The molecule has 0 atom stereocenters. The van der Waals surface area contributed by atoms with Gasteiger partial charge in [0, 0.05) is 0 Å². The largest absolute Gasteiger partial charge is 0.390 e. The van der Waals surface area contributed by atoms with E-state index in [2.05, 4.69) is 20.2 Å². The summed E-state index contributed by atoms with van der Waals surface area (Å²) in [6.45, 7) is 0. The van der Waals surface area contributed by atoms with Gasteiger partial charge in [-0.15, -0.1) is 4.68 Å². The Hall–Kier alpha value is -3.62. The number of nitro groups is 1. The number of nitrogens with zero attached hydrogens (tertiary/aromatic N) is 7. The van der Waals surface area contributed by atoms with Crippen molar-refractivity contribution in [2.45, 2.75) is 0 Å². The van der Waals surface area contributed by atoms with Gasteiger partial charge in [-0.2, -0.15) is 5.10 Å². The first-order valence-electron chi connectivity index (χ1n) is 6.68. The summed E-state index contributed by atoms with van der Waals surface area (Å²) in [5.74, 6) is 0.192. The van der Waals surface area contributed by atoms with Crippen molar-refractivity contribution in [3.05, 3.63) is 65.2 Å². The fraction of sp³-hybridized carbons (Fsp3) is 0. The van der Waals surface area contributed by atoms with Crippen LogP contribution in [0, 0.1) is 10.1 Å². The van der Waals surface area contributed by atoms with Crippen molar-refractivity contribution in [2.75, 3.05) is 0 Å². The summed E-state index contributed by atoms with van der Waals surface area (Å²) in [6, 6.07) is 10.9. The lowest BCUT2D eigenvalue weighted by Gasteiger charge is -2.02. The van der Waals surface area contributed by atoms with Crippen molar-refractivity contribution in [2.24, 2.45) is 0 Å². The second-order valence-electron chi connectivity index (χ2n) is 4.70. The highest BCUT2D eigenvalue weighted by atomic mass is 16.6. The summed E-state index contributed by atoms with van der Waals surface area (Å²) in [5.41, 5.74) is 1.46. The third-order valence-corrected chi connectivity index (χ3v) is 3.32. The molecule has 0 amide bonds. The average molecular weight is 307 g/mol. The monoisotopic (exact) mass is 307 g/mol. The van der Waals surface area contributed by atoms with Gasteiger partial charge in [0.1, 0.15) is 6.33 Å². The molecule has 0 aliphatic carbocycles. The van der Waals surface area contributed by atoms with E-state index in [1.165, 1.54) is 23.3 Å². The molecule has 0 fully saturated rings. The molecule has 4 aromatic rings. The van der Waals surface area contributed by atoms with Gasteiger partial charge in [-0.05, 0) is 17.1 Å². The molecule has 0 radical (unpaired) electrons. The third kappa shape index (κ3) is 2.11. The molecule has 9 heteroatoms. The maximum absolute atomic E-state index is 10.8. The van der Waals surface area contributed by atoms with Gasteiger partial charge in [0.15, 0.2) is 11.5 Å². The summed E-state index contributed by atoms with van der Waals surface area (Å²) >= 11 is 0. The van der Waals surface area contributed by atoms with Crippen LogP contribution in [0.25, 0.3) is 22.5 Å². The number of hydrogen-bond acceptors (Lipinski definition) is 6. The Morgan fingerprint density at radius 2 is 1.91 bits per heavy atom. The Balaban J connectivity index is 1.89. The highest BCUT2D eigenvalue weighted by molar-refractivity contribution is 5.83. The first-order valence-corrected chi connectivity index (χ1v) is 6.68. The first-order chi connectivity index (χ1) is 11.2. The van der Waals surface area contributed by atoms with Crippen LogP contribution in [0.4, 0.5) is 5.82 Å². The molecule has 1 aromatic carbocycles. The van der Waals surface area contributed by atoms with Crippen molar-refractivity contribution >= 4 is 16.9 Å². The zero-order chi connectivity index (χ0) is 15.8. The van der Waals surface area contributed by atoms with Gasteiger partial charge in [0.25, 0.3) is 0 Å².